The Labute approximate surface area is 135 Å². The molecule has 0 bridgehead atoms. The quantitative estimate of drug-likeness (QED) is 0.813. The molecule has 116 valence electrons. The summed E-state index contributed by atoms with van der Waals surface area (Å²) < 4.78 is 5.54. The number of nitriles is 1. The predicted molar refractivity (Wildman–Crippen MR) is 87.5 cm³/mol. The van der Waals surface area contributed by atoms with Crippen LogP contribution in [-0.2, 0) is 17.9 Å². The molecule has 0 saturated carbocycles. The van der Waals surface area contributed by atoms with Crippen LogP contribution in [0.3, 0.4) is 0 Å². The maximum absolute atomic E-state index is 10.0. The van der Waals surface area contributed by atoms with Gasteiger partial charge < -0.3 is 9.84 Å². The van der Waals surface area contributed by atoms with E-state index < -0.39 is 6.10 Å². The standard InChI is InChI=1S/C17H20N2O2S/c1-19(10-17-7-15(8-18)13-22-17)9-16(20)12-21-11-14-5-3-2-4-6-14/h2-7,13,16,20H,9-12H2,1H3. The molecule has 1 atom stereocenters. The Balaban J connectivity index is 1.67. The molecule has 0 aliphatic carbocycles. The second kappa shape index (κ2) is 8.66. The summed E-state index contributed by atoms with van der Waals surface area (Å²) in [7, 11) is 1.95. The van der Waals surface area contributed by atoms with E-state index in [1.54, 1.807) is 11.3 Å². The third-order valence-corrected chi connectivity index (χ3v) is 4.07. The molecule has 2 aromatic rings. The van der Waals surface area contributed by atoms with Crippen molar-refractivity contribution in [3.63, 3.8) is 0 Å². The molecule has 4 nitrogen and oxygen atoms in total. The molecule has 0 amide bonds. The molecule has 5 heteroatoms. The number of nitrogens with zero attached hydrogens (tertiary/aromatic N) is 2. The molecule has 0 spiro atoms. The Kier molecular flexibility index (Phi) is 6.56. The highest BCUT2D eigenvalue weighted by atomic mass is 32.1. The lowest BCUT2D eigenvalue weighted by molar-refractivity contribution is 0.0128. The molecule has 1 N–H and O–H groups in total. The summed E-state index contributed by atoms with van der Waals surface area (Å²) in [5.41, 5.74) is 1.80. The fraction of sp³-hybridized carbons (Fsp3) is 0.353. The molecule has 0 aliphatic rings. The molecule has 1 heterocycles. The van der Waals surface area contributed by atoms with Gasteiger partial charge in [0.25, 0.3) is 0 Å². The van der Waals surface area contributed by atoms with Gasteiger partial charge in [0.05, 0.1) is 24.9 Å². The van der Waals surface area contributed by atoms with Gasteiger partial charge in [0.15, 0.2) is 0 Å². The van der Waals surface area contributed by atoms with Crippen molar-refractivity contribution in [2.24, 2.45) is 0 Å². The summed E-state index contributed by atoms with van der Waals surface area (Å²) in [5, 5.41) is 20.7. The van der Waals surface area contributed by atoms with E-state index in [2.05, 4.69) is 6.07 Å². The van der Waals surface area contributed by atoms with Crippen LogP contribution in [-0.4, -0.2) is 36.3 Å². The fourth-order valence-corrected chi connectivity index (χ4v) is 3.04. The van der Waals surface area contributed by atoms with Gasteiger partial charge in [-0.25, -0.2) is 0 Å². The first-order valence-electron chi connectivity index (χ1n) is 7.13. The first kappa shape index (κ1) is 16.7. The number of aliphatic hydroxyl groups excluding tert-OH is 1. The van der Waals surface area contributed by atoms with Crippen LogP contribution in [0, 0.1) is 11.3 Å². The van der Waals surface area contributed by atoms with Gasteiger partial charge >= 0.3 is 0 Å². The molecule has 0 fully saturated rings. The van der Waals surface area contributed by atoms with E-state index in [-0.39, 0.29) is 0 Å². The van der Waals surface area contributed by atoms with Crippen molar-refractivity contribution in [1.82, 2.24) is 4.90 Å². The number of ether oxygens (including phenoxy) is 1. The topological polar surface area (TPSA) is 56.5 Å². The van der Waals surface area contributed by atoms with Gasteiger partial charge in [0, 0.05) is 23.3 Å². The third-order valence-electron chi connectivity index (χ3n) is 3.15. The minimum absolute atomic E-state index is 0.313. The summed E-state index contributed by atoms with van der Waals surface area (Å²) >= 11 is 1.57. The van der Waals surface area contributed by atoms with E-state index >= 15 is 0 Å². The third kappa shape index (κ3) is 5.58. The van der Waals surface area contributed by atoms with Crippen molar-refractivity contribution in [1.29, 1.82) is 5.26 Å². The molecule has 1 aromatic carbocycles. The van der Waals surface area contributed by atoms with Gasteiger partial charge in [-0.3, -0.25) is 4.90 Å². The Morgan fingerprint density at radius 2 is 2.14 bits per heavy atom. The lowest BCUT2D eigenvalue weighted by Crippen LogP contribution is -2.31. The highest BCUT2D eigenvalue weighted by molar-refractivity contribution is 7.10. The van der Waals surface area contributed by atoms with Gasteiger partial charge in [0.2, 0.25) is 0 Å². The zero-order valence-electron chi connectivity index (χ0n) is 12.6. The van der Waals surface area contributed by atoms with Crippen LogP contribution >= 0.6 is 11.3 Å². The Bertz CT molecular complexity index is 607. The van der Waals surface area contributed by atoms with Crippen LogP contribution in [0.25, 0.3) is 0 Å². The number of hydrogen-bond donors (Lipinski definition) is 1. The van der Waals surface area contributed by atoms with Crippen LogP contribution in [0.5, 0.6) is 0 Å². The minimum Gasteiger partial charge on any atom is -0.389 e. The first-order chi connectivity index (χ1) is 10.7. The number of thiophene rings is 1. The second-order valence-electron chi connectivity index (χ2n) is 5.26. The van der Waals surface area contributed by atoms with E-state index in [1.165, 1.54) is 0 Å². The number of hydrogen-bond acceptors (Lipinski definition) is 5. The van der Waals surface area contributed by atoms with Crippen molar-refractivity contribution in [2.45, 2.75) is 19.3 Å². The zero-order chi connectivity index (χ0) is 15.8. The summed E-state index contributed by atoms with van der Waals surface area (Å²) in [5.74, 6) is 0. The predicted octanol–water partition coefficient (Wildman–Crippen LogP) is 2.63. The Morgan fingerprint density at radius 1 is 1.36 bits per heavy atom. The Hall–Kier alpha value is -1.71. The average molecular weight is 316 g/mol. The highest BCUT2D eigenvalue weighted by Gasteiger charge is 2.10. The highest BCUT2D eigenvalue weighted by Crippen LogP contribution is 2.15. The van der Waals surface area contributed by atoms with E-state index in [4.69, 9.17) is 10.00 Å². The molecule has 0 saturated heterocycles. The second-order valence-corrected chi connectivity index (χ2v) is 6.26. The molecule has 1 aromatic heterocycles. The lowest BCUT2D eigenvalue weighted by Gasteiger charge is -2.19. The molecular formula is C17H20N2O2S. The maximum Gasteiger partial charge on any atom is 0.100 e. The molecular weight excluding hydrogens is 296 g/mol. The van der Waals surface area contributed by atoms with Crippen LogP contribution in [0.2, 0.25) is 0 Å². The van der Waals surface area contributed by atoms with E-state index in [0.717, 1.165) is 17.0 Å². The SMILES string of the molecule is CN(Cc1cc(C#N)cs1)CC(O)COCc1ccccc1. The monoisotopic (exact) mass is 316 g/mol. The Morgan fingerprint density at radius 3 is 2.82 bits per heavy atom. The molecule has 0 aliphatic heterocycles. The first-order valence-corrected chi connectivity index (χ1v) is 8.01. The number of rotatable bonds is 8. The van der Waals surface area contributed by atoms with Crippen molar-refractivity contribution in [3.8, 4) is 6.07 Å². The molecule has 2 rings (SSSR count). The minimum atomic E-state index is -0.524. The van der Waals surface area contributed by atoms with Crippen LogP contribution < -0.4 is 0 Å². The number of aliphatic hydroxyl groups is 1. The smallest absolute Gasteiger partial charge is 0.100 e. The van der Waals surface area contributed by atoms with Crippen LogP contribution in [0.1, 0.15) is 16.0 Å². The van der Waals surface area contributed by atoms with Crippen molar-refractivity contribution < 1.29 is 9.84 Å². The van der Waals surface area contributed by atoms with Crippen molar-refractivity contribution >= 4 is 11.3 Å². The summed E-state index contributed by atoms with van der Waals surface area (Å²) in [6, 6.07) is 13.9. The normalized spacial score (nSPS) is 12.3. The van der Waals surface area contributed by atoms with Gasteiger partial charge in [0.1, 0.15) is 6.07 Å². The van der Waals surface area contributed by atoms with Crippen molar-refractivity contribution in [2.75, 3.05) is 20.2 Å². The maximum atomic E-state index is 10.0. The molecule has 1 unspecified atom stereocenters. The van der Waals surface area contributed by atoms with Crippen LogP contribution in [0.15, 0.2) is 41.8 Å². The number of benzene rings is 1. The van der Waals surface area contributed by atoms with Gasteiger partial charge in [-0.15, -0.1) is 11.3 Å². The fourth-order valence-electron chi connectivity index (χ4n) is 2.15. The van der Waals surface area contributed by atoms with Gasteiger partial charge in [-0.05, 0) is 18.7 Å². The summed E-state index contributed by atoms with van der Waals surface area (Å²) in [6.45, 7) is 2.09. The van der Waals surface area contributed by atoms with Gasteiger partial charge in [-0.2, -0.15) is 5.26 Å². The van der Waals surface area contributed by atoms with E-state index in [1.807, 2.05) is 53.7 Å². The zero-order valence-corrected chi connectivity index (χ0v) is 13.4. The largest absolute Gasteiger partial charge is 0.389 e. The summed E-state index contributed by atoms with van der Waals surface area (Å²) in [6.07, 6.45) is -0.524. The van der Waals surface area contributed by atoms with E-state index in [0.29, 0.717) is 25.3 Å². The molecule has 22 heavy (non-hydrogen) atoms. The summed E-state index contributed by atoms with van der Waals surface area (Å²) in [4.78, 5) is 3.15. The number of likely N-dealkylation sites (N-methyl/N-ethyl adjacent to an activating group) is 1. The molecule has 0 radical (unpaired) electrons. The average Bonchev–Trinajstić information content (AvgIpc) is 2.95. The lowest BCUT2D eigenvalue weighted by atomic mass is 10.2. The van der Waals surface area contributed by atoms with Gasteiger partial charge in [-0.1, -0.05) is 30.3 Å². The van der Waals surface area contributed by atoms with Crippen LogP contribution in [0.4, 0.5) is 0 Å². The van der Waals surface area contributed by atoms with E-state index in [9.17, 15) is 5.11 Å². The van der Waals surface area contributed by atoms with Crippen molar-refractivity contribution in [3.05, 3.63) is 57.8 Å².